The second-order valence-corrected chi connectivity index (χ2v) is 10.0. The lowest BCUT2D eigenvalue weighted by Gasteiger charge is -2.27. The standard InChI is InChI=1S/C48H33NO/c1-4-13-34(14-5-1)36-23-25-37(26-24-36)38-27-29-41(30-28-38)49(42-20-12-19-40(33-42)35-15-6-2-7-16-35)45-32-31-43(39-17-8-3-9-18-39)48-47(45)44-21-10-11-22-46(44)50-48/h1-33H/i1D,2D,3D,4D,5D,6D,7D,8D,9D,10D,11D,12D,13D,14D,15D,16D,17D,18D,19D,20D,21D,22D,23D,24D,25D,26D,27D,28D,29D,30D,31D,32D,33D. The summed E-state index contributed by atoms with van der Waals surface area (Å²) in [5.74, 6) is 0. The Labute approximate surface area is 338 Å². The molecule has 0 saturated heterocycles. The van der Waals surface area contributed by atoms with Crippen molar-refractivity contribution in [2.75, 3.05) is 4.90 Å². The van der Waals surface area contributed by atoms with Crippen LogP contribution in [0.1, 0.15) is 45.2 Å². The Morgan fingerprint density at radius 2 is 0.880 bits per heavy atom. The fourth-order valence-corrected chi connectivity index (χ4v) is 4.94. The van der Waals surface area contributed by atoms with E-state index in [9.17, 15) is 12.3 Å². The fraction of sp³-hybridized carbons (Fsp3) is 0. The van der Waals surface area contributed by atoms with Crippen LogP contribution < -0.4 is 4.90 Å². The Balaban J connectivity index is 1.54. The molecule has 0 aliphatic heterocycles. The van der Waals surface area contributed by atoms with Gasteiger partial charge in [-0.05, 0) is 81.2 Å². The highest BCUT2D eigenvalue weighted by molar-refractivity contribution is 6.17. The zero-order valence-corrected chi connectivity index (χ0v) is 24.9. The zero-order chi connectivity index (χ0) is 62.0. The molecule has 0 fully saturated rings. The van der Waals surface area contributed by atoms with Crippen LogP contribution in [0.3, 0.4) is 0 Å². The van der Waals surface area contributed by atoms with Gasteiger partial charge >= 0.3 is 0 Å². The molecule has 2 heteroatoms. The molecule has 0 aliphatic carbocycles. The first-order valence-corrected chi connectivity index (χ1v) is 14.3. The van der Waals surface area contributed by atoms with E-state index in [1.54, 1.807) is 0 Å². The SMILES string of the molecule is [2H]c1c([2H])c([2H])c(-c2c([2H])c([2H])c(-c3c([2H])c([2H])c(N(c4c([2H])c([2H])c([2H])c(-c5c([2H])c([2H])c([2H])c([2H])c5[2H])c4[2H])c4c([2H])c([2H])c(-c5c([2H])c([2H])c([2H])c([2H])c5[2H])c5oc6c([2H])c([2H])c([2H])c([2H])c6c45)c([2H])c3[2H])c([2H])c2[2H])c([2H])c1[2H]. The molecule has 9 aromatic rings. The van der Waals surface area contributed by atoms with E-state index < -0.39 is 283 Å². The summed E-state index contributed by atoms with van der Waals surface area (Å²) in [7, 11) is 0. The summed E-state index contributed by atoms with van der Waals surface area (Å²) in [5, 5.41) is -1.63. The summed E-state index contributed by atoms with van der Waals surface area (Å²) in [6.07, 6.45) is 0. The van der Waals surface area contributed by atoms with Crippen molar-refractivity contribution >= 4 is 39.0 Å². The molecule has 50 heavy (non-hydrogen) atoms. The van der Waals surface area contributed by atoms with E-state index in [0.717, 1.165) is 0 Å². The first-order chi connectivity index (χ1) is 38.5. The topological polar surface area (TPSA) is 16.4 Å². The van der Waals surface area contributed by atoms with Gasteiger partial charge < -0.3 is 9.32 Å². The van der Waals surface area contributed by atoms with Crippen LogP contribution >= 0.6 is 0 Å². The second-order valence-electron chi connectivity index (χ2n) is 10.0. The number of para-hydroxylation sites is 1. The molecule has 0 radical (unpaired) electrons. The van der Waals surface area contributed by atoms with Crippen LogP contribution in [0.5, 0.6) is 0 Å². The maximum Gasteiger partial charge on any atom is 0.145 e. The summed E-state index contributed by atoms with van der Waals surface area (Å²) in [5.41, 5.74) is -12.6. The quantitative estimate of drug-likeness (QED) is 0.168. The summed E-state index contributed by atoms with van der Waals surface area (Å²) in [6, 6.07) is -36.0. The number of hydrogen-bond donors (Lipinski definition) is 0. The molecular formula is C48H33NO. The minimum atomic E-state index is -1.37. The molecule has 8 aromatic carbocycles. The minimum Gasteiger partial charge on any atom is -0.455 e. The normalized spacial score (nSPS) is 20.4. The molecular weight excluding hydrogens is 607 g/mol. The number of furan rings is 1. The maximum absolute atomic E-state index is 9.89. The van der Waals surface area contributed by atoms with Crippen molar-refractivity contribution < 1.29 is 49.7 Å². The van der Waals surface area contributed by atoms with E-state index in [1.165, 1.54) is 0 Å². The van der Waals surface area contributed by atoms with Crippen molar-refractivity contribution in [2.24, 2.45) is 0 Å². The van der Waals surface area contributed by atoms with E-state index in [2.05, 4.69) is 0 Å². The number of anilines is 3. The Kier molecular flexibility index (Phi) is 2.79. The van der Waals surface area contributed by atoms with E-state index in [1.807, 2.05) is 0 Å². The molecule has 1 heterocycles. The van der Waals surface area contributed by atoms with Crippen molar-refractivity contribution in [3.63, 3.8) is 0 Å². The zero-order valence-electron chi connectivity index (χ0n) is 57.9. The summed E-state index contributed by atoms with van der Waals surface area (Å²) < 4.78 is 300. The third-order valence-electron chi connectivity index (χ3n) is 7.12. The summed E-state index contributed by atoms with van der Waals surface area (Å²) >= 11 is 0. The van der Waals surface area contributed by atoms with E-state index in [4.69, 9.17) is 37.3 Å². The van der Waals surface area contributed by atoms with Crippen molar-refractivity contribution in [3.05, 3.63) is 199 Å². The van der Waals surface area contributed by atoms with Crippen molar-refractivity contribution in [1.29, 1.82) is 0 Å². The van der Waals surface area contributed by atoms with Gasteiger partial charge in [-0.3, -0.25) is 0 Å². The lowest BCUT2D eigenvalue weighted by atomic mass is 9.98. The number of fused-ring (bicyclic) bond motifs is 3. The molecule has 0 amide bonds. The van der Waals surface area contributed by atoms with Gasteiger partial charge in [-0.1, -0.05) is 157 Å². The number of nitrogens with zero attached hydrogens (tertiary/aromatic N) is 1. The predicted molar refractivity (Wildman–Crippen MR) is 210 cm³/mol. The van der Waals surface area contributed by atoms with Gasteiger partial charge in [0.15, 0.2) is 0 Å². The number of hydrogen-bond acceptors (Lipinski definition) is 2. The summed E-state index contributed by atoms with van der Waals surface area (Å²) in [4.78, 5) is 0.326. The first-order valence-electron chi connectivity index (χ1n) is 30.8. The van der Waals surface area contributed by atoms with Gasteiger partial charge in [0.2, 0.25) is 0 Å². The van der Waals surface area contributed by atoms with Crippen molar-refractivity contribution in [3.8, 4) is 44.5 Å². The molecule has 0 unspecified atom stereocenters. The predicted octanol–water partition coefficient (Wildman–Crippen LogP) is 13.7. The third-order valence-corrected chi connectivity index (χ3v) is 7.12. The molecule has 0 aliphatic rings. The highest BCUT2D eigenvalue weighted by Gasteiger charge is 2.22. The second kappa shape index (κ2) is 12.8. The molecule has 1 aromatic heterocycles. The molecule has 0 atom stereocenters. The van der Waals surface area contributed by atoms with Crippen LogP contribution in [0.25, 0.3) is 66.4 Å². The largest absolute Gasteiger partial charge is 0.455 e. The molecule has 236 valence electrons. The molecule has 0 N–H and O–H groups in total. The van der Waals surface area contributed by atoms with Gasteiger partial charge in [0.25, 0.3) is 0 Å². The molecule has 0 bridgehead atoms. The molecule has 9 rings (SSSR count). The van der Waals surface area contributed by atoms with E-state index in [0.29, 0.717) is 4.90 Å². The first kappa shape index (κ1) is 10.9. The lowest BCUT2D eigenvalue weighted by Crippen LogP contribution is -2.10. The smallest absolute Gasteiger partial charge is 0.145 e. The minimum absolute atomic E-state index is 0.326. The highest BCUT2D eigenvalue weighted by Crippen LogP contribution is 2.46. The van der Waals surface area contributed by atoms with Gasteiger partial charge in [-0.25, -0.2) is 0 Å². The van der Waals surface area contributed by atoms with Crippen molar-refractivity contribution in [2.45, 2.75) is 0 Å². The number of benzene rings is 8. The van der Waals surface area contributed by atoms with Gasteiger partial charge in [0.1, 0.15) is 11.2 Å². The van der Waals surface area contributed by atoms with Crippen LogP contribution in [0.15, 0.2) is 204 Å². The Morgan fingerprint density at radius 1 is 0.380 bits per heavy atom. The monoisotopic (exact) mass is 672 g/mol. The Bertz CT molecular complexity index is 4350. The Morgan fingerprint density at radius 3 is 1.52 bits per heavy atom. The van der Waals surface area contributed by atoms with Crippen molar-refractivity contribution in [1.82, 2.24) is 0 Å². The maximum atomic E-state index is 9.89. The van der Waals surface area contributed by atoms with Crippen LogP contribution in [0.2, 0.25) is 0 Å². The van der Waals surface area contributed by atoms with Crippen LogP contribution in [-0.2, 0) is 0 Å². The van der Waals surface area contributed by atoms with Crippen LogP contribution in [0.4, 0.5) is 17.1 Å². The average molecular weight is 673 g/mol. The lowest BCUT2D eigenvalue weighted by molar-refractivity contribution is 0.670. The molecule has 0 spiro atoms. The van der Waals surface area contributed by atoms with Gasteiger partial charge in [-0.15, -0.1) is 0 Å². The van der Waals surface area contributed by atoms with Gasteiger partial charge in [0, 0.05) is 22.3 Å². The molecule has 0 saturated carbocycles. The molecule has 2 nitrogen and oxygen atoms in total. The van der Waals surface area contributed by atoms with Crippen LogP contribution in [-0.4, -0.2) is 0 Å². The van der Waals surface area contributed by atoms with E-state index >= 15 is 0 Å². The van der Waals surface area contributed by atoms with Gasteiger partial charge in [-0.2, -0.15) is 0 Å². The Hall–Kier alpha value is -6.64. The highest BCUT2D eigenvalue weighted by atomic mass is 16.3. The van der Waals surface area contributed by atoms with Crippen LogP contribution in [0, 0.1) is 0 Å². The number of rotatable bonds is 7. The van der Waals surface area contributed by atoms with E-state index in [-0.39, 0.29) is 0 Å². The third kappa shape index (κ3) is 5.43. The van der Waals surface area contributed by atoms with Gasteiger partial charge in [0.05, 0.1) is 56.3 Å². The average Bonchev–Trinajstić information content (AvgIpc) is 1.80. The fourth-order valence-electron chi connectivity index (χ4n) is 4.94. The summed E-state index contributed by atoms with van der Waals surface area (Å²) in [6.45, 7) is 0.